The molecule has 2 heterocycles. The Morgan fingerprint density at radius 3 is 2.90 bits per heavy atom. The van der Waals surface area contributed by atoms with Gasteiger partial charge in [0.1, 0.15) is 12.3 Å². The highest BCUT2D eigenvalue weighted by Crippen LogP contribution is 2.11. The summed E-state index contributed by atoms with van der Waals surface area (Å²) < 4.78 is 6.65. The zero-order chi connectivity index (χ0) is 14.5. The Kier molecular flexibility index (Phi) is 4.16. The van der Waals surface area contributed by atoms with Crippen LogP contribution in [0.15, 0.2) is 28.9 Å². The number of nitrogens with zero attached hydrogens (tertiary/aromatic N) is 2. The molecule has 8 heteroatoms. The lowest BCUT2D eigenvalue weighted by Crippen LogP contribution is -2.23. The van der Waals surface area contributed by atoms with Crippen LogP contribution in [0.5, 0.6) is 0 Å². The standard InChI is InChI=1S/C12H15N5O3/c1-14-11(18)7-17-6-8(5-15-17)16-12(19)10-3-2-9(4-13)20-10/h2-3,5-6H,4,7,13H2,1H3,(H,14,18)(H,16,19). The molecule has 0 saturated heterocycles. The molecular formula is C12H15N5O3. The van der Waals surface area contributed by atoms with Crippen LogP contribution in [-0.2, 0) is 17.9 Å². The van der Waals surface area contributed by atoms with Crippen molar-refractivity contribution in [2.45, 2.75) is 13.1 Å². The maximum absolute atomic E-state index is 11.9. The molecule has 0 aliphatic heterocycles. The molecule has 106 valence electrons. The number of anilines is 1. The van der Waals surface area contributed by atoms with Gasteiger partial charge in [0.05, 0.1) is 18.4 Å². The fraction of sp³-hybridized carbons (Fsp3) is 0.250. The van der Waals surface area contributed by atoms with Crippen molar-refractivity contribution < 1.29 is 14.0 Å². The van der Waals surface area contributed by atoms with E-state index >= 15 is 0 Å². The van der Waals surface area contributed by atoms with E-state index in [2.05, 4.69) is 15.7 Å². The highest BCUT2D eigenvalue weighted by atomic mass is 16.4. The number of rotatable bonds is 5. The normalized spacial score (nSPS) is 10.3. The number of carbonyl (C=O) groups excluding carboxylic acids is 2. The molecule has 20 heavy (non-hydrogen) atoms. The molecule has 8 nitrogen and oxygen atoms in total. The first-order valence-corrected chi connectivity index (χ1v) is 5.95. The molecule has 2 rings (SSSR count). The van der Waals surface area contributed by atoms with Crippen LogP contribution in [0.1, 0.15) is 16.3 Å². The Labute approximate surface area is 114 Å². The third kappa shape index (κ3) is 3.23. The first kappa shape index (κ1) is 13.8. The Morgan fingerprint density at radius 1 is 1.45 bits per heavy atom. The average molecular weight is 277 g/mol. The lowest BCUT2D eigenvalue weighted by molar-refractivity contribution is -0.121. The van der Waals surface area contributed by atoms with E-state index in [0.29, 0.717) is 11.4 Å². The second kappa shape index (κ2) is 6.02. The summed E-state index contributed by atoms with van der Waals surface area (Å²) in [4.78, 5) is 23.1. The second-order valence-electron chi connectivity index (χ2n) is 4.02. The van der Waals surface area contributed by atoms with Gasteiger partial charge < -0.3 is 20.8 Å². The Morgan fingerprint density at radius 2 is 2.25 bits per heavy atom. The fourth-order valence-corrected chi connectivity index (χ4v) is 1.54. The van der Waals surface area contributed by atoms with Gasteiger partial charge in [-0.1, -0.05) is 0 Å². The molecule has 0 radical (unpaired) electrons. The van der Waals surface area contributed by atoms with Crippen LogP contribution in [0, 0.1) is 0 Å². The molecule has 0 aromatic carbocycles. The average Bonchev–Trinajstić information content (AvgIpc) is 3.07. The van der Waals surface area contributed by atoms with Gasteiger partial charge in [0.15, 0.2) is 5.76 Å². The number of amides is 2. The zero-order valence-electron chi connectivity index (χ0n) is 10.9. The third-order valence-corrected chi connectivity index (χ3v) is 2.56. The SMILES string of the molecule is CNC(=O)Cn1cc(NC(=O)c2ccc(CN)o2)cn1. The molecule has 4 N–H and O–H groups in total. The fourth-order valence-electron chi connectivity index (χ4n) is 1.54. The van der Waals surface area contributed by atoms with E-state index in [9.17, 15) is 9.59 Å². The van der Waals surface area contributed by atoms with Gasteiger partial charge in [-0.25, -0.2) is 0 Å². The Bertz CT molecular complexity index is 616. The molecule has 0 aliphatic carbocycles. The van der Waals surface area contributed by atoms with E-state index < -0.39 is 5.91 Å². The summed E-state index contributed by atoms with van der Waals surface area (Å²) in [7, 11) is 1.54. The van der Waals surface area contributed by atoms with Crippen molar-refractivity contribution in [2.75, 3.05) is 12.4 Å². The summed E-state index contributed by atoms with van der Waals surface area (Å²) in [5.74, 6) is 0.128. The van der Waals surface area contributed by atoms with Crippen molar-refractivity contribution >= 4 is 17.5 Å². The molecule has 0 fully saturated rings. The summed E-state index contributed by atoms with van der Waals surface area (Å²) in [6.45, 7) is 0.321. The number of likely N-dealkylation sites (N-methyl/N-ethyl adjacent to an activating group) is 1. The summed E-state index contributed by atoms with van der Waals surface area (Å²) in [5, 5.41) is 9.07. The van der Waals surface area contributed by atoms with Crippen molar-refractivity contribution in [3.05, 3.63) is 36.0 Å². The van der Waals surface area contributed by atoms with E-state index in [-0.39, 0.29) is 24.8 Å². The van der Waals surface area contributed by atoms with Gasteiger partial charge in [0.25, 0.3) is 5.91 Å². The van der Waals surface area contributed by atoms with E-state index in [0.717, 1.165) is 0 Å². The first-order valence-electron chi connectivity index (χ1n) is 5.95. The summed E-state index contributed by atoms with van der Waals surface area (Å²) in [5.41, 5.74) is 5.88. The quantitative estimate of drug-likeness (QED) is 0.707. The van der Waals surface area contributed by atoms with Crippen molar-refractivity contribution in [3.63, 3.8) is 0 Å². The number of furan rings is 1. The van der Waals surface area contributed by atoms with E-state index in [1.165, 1.54) is 10.9 Å². The number of carbonyl (C=O) groups is 2. The molecule has 0 unspecified atom stereocenters. The number of nitrogens with two attached hydrogens (primary N) is 1. The second-order valence-corrected chi connectivity index (χ2v) is 4.02. The van der Waals surface area contributed by atoms with Gasteiger partial charge in [-0.05, 0) is 12.1 Å². The van der Waals surface area contributed by atoms with Gasteiger partial charge in [0, 0.05) is 13.2 Å². The highest BCUT2D eigenvalue weighted by molar-refractivity contribution is 6.02. The summed E-state index contributed by atoms with van der Waals surface area (Å²) >= 11 is 0. The van der Waals surface area contributed by atoms with Crippen molar-refractivity contribution in [1.29, 1.82) is 0 Å². The summed E-state index contributed by atoms with van der Waals surface area (Å²) in [6.07, 6.45) is 3.01. The van der Waals surface area contributed by atoms with E-state index in [4.69, 9.17) is 10.2 Å². The van der Waals surface area contributed by atoms with Gasteiger partial charge in [-0.2, -0.15) is 5.10 Å². The zero-order valence-corrected chi connectivity index (χ0v) is 10.9. The van der Waals surface area contributed by atoms with Gasteiger partial charge in [-0.3, -0.25) is 14.3 Å². The smallest absolute Gasteiger partial charge is 0.291 e. The van der Waals surface area contributed by atoms with Crippen molar-refractivity contribution in [3.8, 4) is 0 Å². The van der Waals surface area contributed by atoms with E-state index in [1.54, 1.807) is 25.4 Å². The predicted molar refractivity (Wildman–Crippen MR) is 70.8 cm³/mol. The number of hydrogen-bond acceptors (Lipinski definition) is 5. The predicted octanol–water partition coefficient (Wildman–Crippen LogP) is -0.0669. The minimum atomic E-state index is -0.399. The maximum atomic E-state index is 11.9. The van der Waals surface area contributed by atoms with Crippen LogP contribution in [0.25, 0.3) is 0 Å². The Balaban J connectivity index is 1.99. The third-order valence-electron chi connectivity index (χ3n) is 2.56. The lowest BCUT2D eigenvalue weighted by Gasteiger charge is -2.00. The first-order chi connectivity index (χ1) is 9.62. The Hall–Kier alpha value is -2.61. The molecule has 0 spiro atoms. The molecule has 0 aliphatic rings. The lowest BCUT2D eigenvalue weighted by atomic mass is 10.4. The molecule has 2 aromatic heterocycles. The number of hydrogen-bond donors (Lipinski definition) is 3. The van der Waals surface area contributed by atoms with E-state index in [1.807, 2.05) is 0 Å². The molecule has 0 bridgehead atoms. The monoisotopic (exact) mass is 277 g/mol. The molecule has 0 saturated carbocycles. The number of aromatic nitrogens is 2. The number of nitrogens with one attached hydrogen (secondary N) is 2. The minimum absolute atomic E-state index is 0.0877. The highest BCUT2D eigenvalue weighted by Gasteiger charge is 2.12. The van der Waals surface area contributed by atoms with Crippen LogP contribution in [-0.4, -0.2) is 28.6 Å². The van der Waals surface area contributed by atoms with Gasteiger partial charge in [0.2, 0.25) is 5.91 Å². The minimum Gasteiger partial charge on any atom is -0.455 e. The van der Waals surface area contributed by atoms with Crippen LogP contribution < -0.4 is 16.4 Å². The van der Waals surface area contributed by atoms with Crippen LogP contribution >= 0.6 is 0 Å². The van der Waals surface area contributed by atoms with Crippen LogP contribution in [0.2, 0.25) is 0 Å². The topological polar surface area (TPSA) is 115 Å². The van der Waals surface area contributed by atoms with Gasteiger partial charge >= 0.3 is 0 Å². The molecule has 2 amide bonds. The van der Waals surface area contributed by atoms with Crippen LogP contribution in [0.4, 0.5) is 5.69 Å². The molecular weight excluding hydrogens is 262 g/mol. The van der Waals surface area contributed by atoms with Crippen molar-refractivity contribution in [1.82, 2.24) is 15.1 Å². The van der Waals surface area contributed by atoms with Gasteiger partial charge in [-0.15, -0.1) is 0 Å². The largest absolute Gasteiger partial charge is 0.455 e. The molecule has 2 aromatic rings. The molecule has 0 atom stereocenters. The maximum Gasteiger partial charge on any atom is 0.291 e. The van der Waals surface area contributed by atoms with Crippen LogP contribution in [0.3, 0.4) is 0 Å². The van der Waals surface area contributed by atoms with Crippen molar-refractivity contribution in [2.24, 2.45) is 5.73 Å². The summed E-state index contributed by atoms with van der Waals surface area (Å²) in [6, 6.07) is 3.19.